The van der Waals surface area contributed by atoms with Gasteiger partial charge in [0.2, 0.25) is 21.8 Å². The number of benzene rings is 2. The summed E-state index contributed by atoms with van der Waals surface area (Å²) in [7, 11) is -3.72. The van der Waals surface area contributed by atoms with Crippen molar-refractivity contribution in [2.45, 2.75) is 70.9 Å². The average molecular weight is 514 g/mol. The van der Waals surface area contributed by atoms with Crippen molar-refractivity contribution in [3.63, 3.8) is 0 Å². The molecule has 1 N–H and O–H groups in total. The van der Waals surface area contributed by atoms with Crippen LogP contribution in [0.2, 0.25) is 0 Å². The van der Waals surface area contributed by atoms with Gasteiger partial charge in [-0.2, -0.15) is 0 Å². The number of carbonyl (C=O) groups is 2. The third-order valence-electron chi connectivity index (χ3n) is 6.79. The van der Waals surface area contributed by atoms with Crippen molar-refractivity contribution in [2.75, 3.05) is 23.7 Å². The normalized spacial score (nSPS) is 15.2. The second-order valence-electron chi connectivity index (χ2n) is 9.70. The van der Waals surface area contributed by atoms with Crippen LogP contribution in [-0.2, 0) is 26.0 Å². The topological polar surface area (TPSA) is 86.8 Å². The van der Waals surface area contributed by atoms with E-state index in [0.717, 1.165) is 47.4 Å². The fourth-order valence-corrected chi connectivity index (χ4v) is 5.68. The van der Waals surface area contributed by atoms with Crippen molar-refractivity contribution in [2.24, 2.45) is 0 Å². The Morgan fingerprint density at radius 1 is 1.03 bits per heavy atom. The Labute approximate surface area is 215 Å². The van der Waals surface area contributed by atoms with Gasteiger partial charge in [-0.1, -0.05) is 68.7 Å². The number of aryl methyl sites for hydroxylation is 1. The molecule has 2 amide bonds. The van der Waals surface area contributed by atoms with Gasteiger partial charge in [0.15, 0.2) is 0 Å². The van der Waals surface area contributed by atoms with Gasteiger partial charge in [0.05, 0.1) is 11.9 Å². The molecule has 1 fully saturated rings. The summed E-state index contributed by atoms with van der Waals surface area (Å²) >= 11 is 0. The lowest BCUT2D eigenvalue weighted by atomic mass is 9.95. The van der Waals surface area contributed by atoms with Crippen molar-refractivity contribution in [1.82, 2.24) is 10.2 Å². The Bertz CT molecular complexity index is 1110. The molecule has 1 atom stereocenters. The molecule has 36 heavy (non-hydrogen) atoms. The predicted octanol–water partition coefficient (Wildman–Crippen LogP) is 4.06. The lowest BCUT2D eigenvalue weighted by Gasteiger charge is -2.34. The zero-order valence-electron chi connectivity index (χ0n) is 21.7. The fourth-order valence-electron chi connectivity index (χ4n) is 4.84. The molecular formula is C28H39N3O4S. The molecule has 0 unspecified atom stereocenters. The van der Waals surface area contributed by atoms with Gasteiger partial charge < -0.3 is 10.2 Å². The molecule has 0 saturated heterocycles. The van der Waals surface area contributed by atoms with Crippen LogP contribution >= 0.6 is 0 Å². The summed E-state index contributed by atoms with van der Waals surface area (Å²) in [6, 6.07) is 16.3. The Hall–Kier alpha value is -2.87. The number of amides is 2. The van der Waals surface area contributed by atoms with Crippen LogP contribution in [0.5, 0.6) is 0 Å². The predicted molar refractivity (Wildman–Crippen MR) is 144 cm³/mol. The Morgan fingerprint density at radius 2 is 1.72 bits per heavy atom. The Balaban J connectivity index is 1.85. The molecule has 3 rings (SSSR count). The van der Waals surface area contributed by atoms with Crippen LogP contribution in [0.1, 0.15) is 56.6 Å². The molecule has 0 heterocycles. The van der Waals surface area contributed by atoms with E-state index in [9.17, 15) is 18.0 Å². The molecule has 0 bridgehead atoms. The highest BCUT2D eigenvalue weighted by Gasteiger charge is 2.32. The van der Waals surface area contributed by atoms with Gasteiger partial charge in [-0.05, 0) is 55.9 Å². The monoisotopic (exact) mass is 513 g/mol. The number of rotatable bonds is 11. The largest absolute Gasteiger partial charge is 0.352 e. The molecule has 1 aliphatic rings. The Kier molecular flexibility index (Phi) is 9.93. The molecule has 1 aliphatic carbocycles. The summed E-state index contributed by atoms with van der Waals surface area (Å²) in [6.45, 7) is 3.73. The van der Waals surface area contributed by atoms with E-state index in [4.69, 9.17) is 0 Å². The van der Waals surface area contributed by atoms with Crippen molar-refractivity contribution in [1.29, 1.82) is 0 Å². The summed E-state index contributed by atoms with van der Waals surface area (Å²) in [5.41, 5.74) is 2.39. The lowest BCUT2D eigenvalue weighted by Crippen LogP contribution is -2.54. The third-order valence-corrected chi connectivity index (χ3v) is 7.93. The first-order valence-corrected chi connectivity index (χ1v) is 14.7. The highest BCUT2D eigenvalue weighted by Crippen LogP contribution is 2.21. The molecule has 196 valence electrons. The highest BCUT2D eigenvalue weighted by molar-refractivity contribution is 7.92. The summed E-state index contributed by atoms with van der Waals surface area (Å²) < 4.78 is 26.5. The van der Waals surface area contributed by atoms with E-state index in [1.165, 1.54) is 6.42 Å². The van der Waals surface area contributed by atoms with Crippen LogP contribution in [0.15, 0.2) is 54.6 Å². The molecule has 0 spiro atoms. The van der Waals surface area contributed by atoms with Crippen LogP contribution < -0.4 is 9.62 Å². The SMILES string of the molecule is CC[C@@H](C(=O)NC1CCCCC1)N(CCc1ccccc1)C(=O)CN(c1cccc(C)c1)S(C)(=O)=O. The number of carbonyl (C=O) groups excluding carboxylic acids is 2. The van der Waals surface area contributed by atoms with Gasteiger partial charge in [0.1, 0.15) is 12.6 Å². The van der Waals surface area contributed by atoms with Gasteiger partial charge in [-0.25, -0.2) is 8.42 Å². The average Bonchev–Trinajstić information content (AvgIpc) is 2.85. The molecule has 0 aliphatic heterocycles. The van der Waals surface area contributed by atoms with Gasteiger partial charge in [-0.15, -0.1) is 0 Å². The van der Waals surface area contributed by atoms with Gasteiger partial charge in [-0.3, -0.25) is 13.9 Å². The molecule has 0 aromatic heterocycles. The van der Waals surface area contributed by atoms with E-state index in [0.29, 0.717) is 25.1 Å². The minimum atomic E-state index is -3.72. The van der Waals surface area contributed by atoms with Gasteiger partial charge in [0.25, 0.3) is 0 Å². The van der Waals surface area contributed by atoms with Gasteiger partial charge >= 0.3 is 0 Å². The fraction of sp³-hybridized carbons (Fsp3) is 0.500. The maximum absolute atomic E-state index is 13.7. The van der Waals surface area contributed by atoms with Crippen molar-refractivity contribution >= 4 is 27.5 Å². The first-order valence-electron chi connectivity index (χ1n) is 12.9. The maximum Gasteiger partial charge on any atom is 0.244 e. The summed E-state index contributed by atoms with van der Waals surface area (Å²) in [4.78, 5) is 28.6. The molecule has 2 aromatic rings. The molecule has 1 saturated carbocycles. The summed E-state index contributed by atoms with van der Waals surface area (Å²) in [5, 5.41) is 3.16. The second kappa shape index (κ2) is 12.9. The number of sulfonamides is 1. The van der Waals surface area contributed by atoms with E-state index in [1.54, 1.807) is 23.1 Å². The smallest absolute Gasteiger partial charge is 0.244 e. The summed E-state index contributed by atoms with van der Waals surface area (Å²) in [6.07, 6.45) is 7.40. The maximum atomic E-state index is 13.7. The van der Waals surface area contributed by atoms with E-state index in [1.807, 2.05) is 50.2 Å². The molecule has 0 radical (unpaired) electrons. The van der Waals surface area contributed by atoms with Gasteiger partial charge in [0, 0.05) is 12.6 Å². The van der Waals surface area contributed by atoms with Crippen LogP contribution in [0.4, 0.5) is 5.69 Å². The number of anilines is 1. The van der Waals surface area contributed by atoms with Crippen molar-refractivity contribution < 1.29 is 18.0 Å². The van der Waals surface area contributed by atoms with E-state index >= 15 is 0 Å². The zero-order valence-corrected chi connectivity index (χ0v) is 22.5. The first-order chi connectivity index (χ1) is 17.2. The van der Waals surface area contributed by atoms with Crippen molar-refractivity contribution in [3.8, 4) is 0 Å². The number of nitrogens with zero attached hydrogens (tertiary/aromatic N) is 2. The molecule has 7 nitrogen and oxygen atoms in total. The number of hydrogen-bond acceptors (Lipinski definition) is 4. The van der Waals surface area contributed by atoms with E-state index in [2.05, 4.69) is 5.32 Å². The van der Waals surface area contributed by atoms with E-state index in [-0.39, 0.29) is 24.4 Å². The Morgan fingerprint density at radius 3 is 2.33 bits per heavy atom. The lowest BCUT2D eigenvalue weighted by molar-refractivity contribution is -0.140. The van der Waals surface area contributed by atoms with Crippen molar-refractivity contribution in [3.05, 3.63) is 65.7 Å². The number of nitrogens with one attached hydrogen (secondary N) is 1. The first kappa shape index (κ1) is 27.7. The minimum Gasteiger partial charge on any atom is -0.352 e. The van der Waals surface area contributed by atoms with E-state index < -0.39 is 16.1 Å². The quantitative estimate of drug-likeness (QED) is 0.491. The van der Waals surface area contributed by atoms with Crippen LogP contribution in [0.25, 0.3) is 0 Å². The van der Waals surface area contributed by atoms with Crippen LogP contribution in [0, 0.1) is 6.92 Å². The van der Waals surface area contributed by atoms with Crippen LogP contribution in [0.3, 0.4) is 0 Å². The zero-order chi connectivity index (χ0) is 26.1. The molecule has 2 aromatic carbocycles. The third kappa shape index (κ3) is 7.82. The number of hydrogen-bond donors (Lipinski definition) is 1. The second-order valence-corrected chi connectivity index (χ2v) is 11.6. The van der Waals surface area contributed by atoms with Crippen LogP contribution in [-0.4, -0.2) is 56.6 Å². The summed E-state index contributed by atoms with van der Waals surface area (Å²) in [5.74, 6) is -0.546. The highest BCUT2D eigenvalue weighted by atomic mass is 32.2. The molecular weight excluding hydrogens is 474 g/mol. The minimum absolute atomic E-state index is 0.131. The molecule has 8 heteroatoms. The standard InChI is InChI=1S/C28H39N3O4S/c1-4-26(28(33)29-24-15-9-6-10-16-24)30(19-18-23-13-7-5-8-14-23)27(32)21-31(36(3,34)35)25-17-11-12-22(2)20-25/h5,7-8,11-14,17,20,24,26H,4,6,9-10,15-16,18-19,21H2,1-3H3,(H,29,33)/t26-/m0/s1.